The minimum atomic E-state index is 0.336. The number of hydrogen-bond acceptors (Lipinski definition) is 3. The first-order chi connectivity index (χ1) is 7.34. The van der Waals surface area contributed by atoms with Crippen LogP contribution in [-0.4, -0.2) is 18.1 Å². The van der Waals surface area contributed by atoms with Crippen molar-refractivity contribution in [1.29, 1.82) is 0 Å². The summed E-state index contributed by atoms with van der Waals surface area (Å²) < 4.78 is 5.03. The summed E-state index contributed by atoms with van der Waals surface area (Å²) in [6, 6.07) is 4.36. The fourth-order valence-electron chi connectivity index (χ4n) is 1.31. The third-order valence-electron chi connectivity index (χ3n) is 2.19. The molecule has 0 amide bonds. The van der Waals surface area contributed by atoms with Crippen LogP contribution in [0.25, 0.3) is 0 Å². The molecule has 1 heterocycles. The first kappa shape index (κ1) is 11.7. The zero-order valence-electron chi connectivity index (χ0n) is 9.15. The third kappa shape index (κ3) is 4.61. The van der Waals surface area contributed by atoms with E-state index in [1.807, 2.05) is 12.3 Å². The fraction of sp³-hybridized carbons (Fsp3) is 0.417. The lowest BCUT2D eigenvalue weighted by atomic mass is 10.1. The van der Waals surface area contributed by atoms with Crippen LogP contribution in [0.15, 0.2) is 37.4 Å². The molecule has 1 unspecified atom stereocenters. The van der Waals surface area contributed by atoms with E-state index in [9.17, 15) is 0 Å². The maximum atomic E-state index is 5.03. The number of pyridine rings is 1. The van der Waals surface area contributed by atoms with Crippen molar-refractivity contribution < 1.29 is 4.74 Å². The van der Waals surface area contributed by atoms with Crippen LogP contribution in [0.3, 0.4) is 0 Å². The van der Waals surface area contributed by atoms with E-state index in [0.717, 1.165) is 19.6 Å². The number of aromatic nitrogens is 1. The summed E-state index contributed by atoms with van der Waals surface area (Å²) in [5, 5.41) is 3.40. The molecule has 0 aliphatic carbocycles. The summed E-state index contributed by atoms with van der Waals surface area (Å²) in [6.07, 6.45) is 6.13. The molecular formula is C12H18N2O. The predicted molar refractivity (Wildman–Crippen MR) is 61.4 cm³/mol. The molecule has 1 atom stereocenters. The average molecular weight is 206 g/mol. The number of ether oxygens (including phenoxy) is 1. The molecule has 82 valence electrons. The Morgan fingerprint density at radius 1 is 1.67 bits per heavy atom. The van der Waals surface area contributed by atoms with Crippen molar-refractivity contribution in [3.8, 4) is 0 Å². The van der Waals surface area contributed by atoms with Gasteiger partial charge < -0.3 is 10.1 Å². The zero-order valence-corrected chi connectivity index (χ0v) is 9.15. The highest BCUT2D eigenvalue weighted by Crippen LogP contribution is 2.09. The highest BCUT2D eigenvalue weighted by Gasteiger charge is 2.02. The smallest absolute Gasteiger partial charge is 0.0885 e. The van der Waals surface area contributed by atoms with Gasteiger partial charge in [-0.3, -0.25) is 4.98 Å². The Labute approximate surface area is 91.2 Å². The van der Waals surface area contributed by atoms with Gasteiger partial charge in [0.15, 0.2) is 0 Å². The lowest BCUT2D eigenvalue weighted by molar-refractivity contribution is 0.243. The lowest BCUT2D eigenvalue weighted by Crippen LogP contribution is -2.20. The Morgan fingerprint density at radius 2 is 2.53 bits per heavy atom. The van der Waals surface area contributed by atoms with Gasteiger partial charge in [0.05, 0.1) is 12.9 Å². The Kier molecular flexibility index (Phi) is 5.48. The van der Waals surface area contributed by atoms with E-state index in [1.54, 1.807) is 6.20 Å². The molecular weight excluding hydrogens is 188 g/mol. The van der Waals surface area contributed by atoms with Gasteiger partial charge in [0.25, 0.3) is 0 Å². The Hall–Kier alpha value is -1.35. The van der Waals surface area contributed by atoms with E-state index in [4.69, 9.17) is 4.74 Å². The van der Waals surface area contributed by atoms with Crippen molar-refractivity contribution in [2.45, 2.75) is 19.4 Å². The lowest BCUT2D eigenvalue weighted by Gasteiger charge is -2.13. The van der Waals surface area contributed by atoms with E-state index in [1.165, 1.54) is 11.8 Å². The molecule has 0 aromatic carbocycles. The Bertz CT molecular complexity index is 274. The number of nitrogens with one attached hydrogen (secondary N) is 1. The minimum Gasteiger partial charge on any atom is -0.502 e. The fourth-order valence-corrected chi connectivity index (χ4v) is 1.31. The van der Waals surface area contributed by atoms with Crippen LogP contribution in [0, 0.1) is 0 Å². The molecule has 0 saturated carbocycles. The van der Waals surface area contributed by atoms with Crippen molar-refractivity contribution >= 4 is 0 Å². The van der Waals surface area contributed by atoms with Crippen LogP contribution in [0.4, 0.5) is 0 Å². The molecule has 1 aromatic heterocycles. The Balaban J connectivity index is 2.19. The molecule has 0 radical (unpaired) electrons. The molecule has 0 aliphatic rings. The zero-order chi connectivity index (χ0) is 10.9. The summed E-state index contributed by atoms with van der Waals surface area (Å²) in [5.74, 6) is 0. The minimum absolute atomic E-state index is 0.336. The van der Waals surface area contributed by atoms with Crippen molar-refractivity contribution in [3.63, 3.8) is 0 Å². The number of hydrogen-bond donors (Lipinski definition) is 1. The van der Waals surface area contributed by atoms with Gasteiger partial charge in [0.1, 0.15) is 0 Å². The average Bonchev–Trinajstić information content (AvgIpc) is 2.30. The van der Waals surface area contributed by atoms with Gasteiger partial charge in [-0.15, -0.1) is 0 Å². The molecule has 3 nitrogen and oxygen atoms in total. The molecule has 0 aliphatic heterocycles. The quantitative estimate of drug-likeness (QED) is 0.549. The molecule has 1 rings (SSSR count). The maximum Gasteiger partial charge on any atom is 0.0885 e. The molecule has 15 heavy (non-hydrogen) atoms. The highest BCUT2D eigenvalue weighted by atomic mass is 16.5. The SMILES string of the molecule is C=COCCCNC(C)c1cccnc1. The van der Waals surface area contributed by atoms with Crippen molar-refractivity contribution in [1.82, 2.24) is 10.3 Å². The molecule has 0 saturated heterocycles. The number of rotatable bonds is 7. The summed E-state index contributed by atoms with van der Waals surface area (Å²) >= 11 is 0. The Morgan fingerprint density at radius 3 is 3.20 bits per heavy atom. The van der Waals surface area contributed by atoms with Gasteiger partial charge >= 0.3 is 0 Å². The van der Waals surface area contributed by atoms with E-state index in [-0.39, 0.29) is 0 Å². The summed E-state index contributed by atoms with van der Waals surface area (Å²) in [7, 11) is 0. The van der Waals surface area contributed by atoms with Crippen molar-refractivity contribution in [2.75, 3.05) is 13.2 Å². The molecule has 0 fully saturated rings. The summed E-state index contributed by atoms with van der Waals surface area (Å²) in [5.41, 5.74) is 1.21. The van der Waals surface area contributed by atoms with Crippen LogP contribution in [0.2, 0.25) is 0 Å². The van der Waals surface area contributed by atoms with Crippen molar-refractivity contribution in [3.05, 3.63) is 42.9 Å². The van der Waals surface area contributed by atoms with E-state index in [0.29, 0.717) is 6.04 Å². The first-order valence-corrected chi connectivity index (χ1v) is 5.20. The topological polar surface area (TPSA) is 34.1 Å². The molecule has 0 bridgehead atoms. The molecule has 0 spiro atoms. The summed E-state index contributed by atoms with van der Waals surface area (Å²) in [4.78, 5) is 4.09. The normalized spacial score (nSPS) is 12.1. The second-order valence-corrected chi connectivity index (χ2v) is 3.35. The molecule has 1 aromatic rings. The van der Waals surface area contributed by atoms with Crippen LogP contribution in [0.5, 0.6) is 0 Å². The van der Waals surface area contributed by atoms with E-state index >= 15 is 0 Å². The predicted octanol–water partition coefficient (Wildman–Crippen LogP) is 2.28. The van der Waals surface area contributed by atoms with Crippen LogP contribution in [-0.2, 0) is 4.74 Å². The van der Waals surface area contributed by atoms with E-state index in [2.05, 4.69) is 29.9 Å². The van der Waals surface area contributed by atoms with Gasteiger partial charge in [-0.25, -0.2) is 0 Å². The van der Waals surface area contributed by atoms with Gasteiger partial charge in [-0.05, 0) is 31.5 Å². The van der Waals surface area contributed by atoms with Crippen molar-refractivity contribution in [2.24, 2.45) is 0 Å². The third-order valence-corrected chi connectivity index (χ3v) is 2.19. The van der Waals surface area contributed by atoms with Gasteiger partial charge in [-0.2, -0.15) is 0 Å². The van der Waals surface area contributed by atoms with Gasteiger partial charge in [-0.1, -0.05) is 12.6 Å². The van der Waals surface area contributed by atoms with Crippen LogP contribution < -0.4 is 5.32 Å². The standard InChI is InChI=1S/C12H18N2O/c1-3-15-9-5-8-14-11(2)12-6-4-7-13-10-12/h3-4,6-7,10-11,14H,1,5,8-9H2,2H3. The highest BCUT2D eigenvalue weighted by molar-refractivity contribution is 5.12. The number of nitrogens with zero attached hydrogens (tertiary/aromatic N) is 1. The van der Waals surface area contributed by atoms with Crippen LogP contribution >= 0.6 is 0 Å². The summed E-state index contributed by atoms with van der Waals surface area (Å²) in [6.45, 7) is 7.27. The van der Waals surface area contributed by atoms with Gasteiger partial charge in [0, 0.05) is 18.4 Å². The first-order valence-electron chi connectivity index (χ1n) is 5.20. The largest absolute Gasteiger partial charge is 0.502 e. The second kappa shape index (κ2) is 7.01. The van der Waals surface area contributed by atoms with E-state index < -0.39 is 0 Å². The van der Waals surface area contributed by atoms with Crippen LogP contribution in [0.1, 0.15) is 24.9 Å². The maximum absolute atomic E-state index is 5.03. The second-order valence-electron chi connectivity index (χ2n) is 3.35. The molecule has 1 N–H and O–H groups in total. The monoisotopic (exact) mass is 206 g/mol. The van der Waals surface area contributed by atoms with Gasteiger partial charge in [0.2, 0.25) is 0 Å². The molecule has 3 heteroatoms.